The van der Waals surface area contributed by atoms with Gasteiger partial charge in [-0.15, -0.1) is 11.3 Å². The van der Waals surface area contributed by atoms with E-state index in [4.69, 9.17) is 9.47 Å². The van der Waals surface area contributed by atoms with Crippen molar-refractivity contribution in [2.24, 2.45) is 0 Å². The minimum Gasteiger partial charge on any atom is -0.493 e. The van der Waals surface area contributed by atoms with Crippen LogP contribution in [0.5, 0.6) is 11.5 Å². The zero-order chi connectivity index (χ0) is 16.8. The van der Waals surface area contributed by atoms with Gasteiger partial charge in [0.25, 0.3) is 0 Å². The van der Waals surface area contributed by atoms with Crippen LogP contribution in [0.4, 0.5) is 4.39 Å². The molecule has 1 amide bonds. The molecule has 1 atom stereocenters. The van der Waals surface area contributed by atoms with Crippen molar-refractivity contribution in [2.75, 3.05) is 14.2 Å². The Bertz CT molecular complexity index is 658. The Kier molecular flexibility index (Phi) is 5.98. The molecule has 124 valence electrons. The van der Waals surface area contributed by atoms with E-state index in [1.807, 2.05) is 17.5 Å². The molecule has 23 heavy (non-hydrogen) atoms. The van der Waals surface area contributed by atoms with Crippen molar-refractivity contribution in [2.45, 2.75) is 25.8 Å². The molecule has 2 aromatic rings. The van der Waals surface area contributed by atoms with Crippen LogP contribution in [0.1, 0.15) is 29.8 Å². The smallest absolute Gasteiger partial charge is 0.220 e. The summed E-state index contributed by atoms with van der Waals surface area (Å²) < 4.78 is 24.4. The molecule has 0 aliphatic rings. The largest absolute Gasteiger partial charge is 0.493 e. The molecule has 0 bridgehead atoms. The van der Waals surface area contributed by atoms with Crippen LogP contribution in [0.15, 0.2) is 29.6 Å². The van der Waals surface area contributed by atoms with Crippen LogP contribution in [0.25, 0.3) is 0 Å². The second-order valence-electron chi connectivity index (χ2n) is 5.10. The molecule has 4 nitrogen and oxygen atoms in total. The van der Waals surface area contributed by atoms with Gasteiger partial charge in [-0.3, -0.25) is 4.79 Å². The van der Waals surface area contributed by atoms with Gasteiger partial charge in [0.2, 0.25) is 5.91 Å². The van der Waals surface area contributed by atoms with Gasteiger partial charge in [-0.25, -0.2) is 4.39 Å². The Balaban J connectivity index is 2.02. The van der Waals surface area contributed by atoms with Gasteiger partial charge < -0.3 is 14.8 Å². The fraction of sp³-hybridized carbons (Fsp3) is 0.353. The molecule has 0 fully saturated rings. The first-order chi connectivity index (χ1) is 11.0. The zero-order valence-corrected chi connectivity index (χ0v) is 14.2. The molecule has 1 heterocycles. The van der Waals surface area contributed by atoms with E-state index in [-0.39, 0.29) is 5.91 Å². The molecular weight excluding hydrogens is 317 g/mol. The summed E-state index contributed by atoms with van der Waals surface area (Å²) in [6.07, 6.45) is 1.06. The summed E-state index contributed by atoms with van der Waals surface area (Å²) in [5, 5.41) is 4.80. The van der Waals surface area contributed by atoms with Gasteiger partial charge in [0.1, 0.15) is 5.82 Å². The number of hydrogen-bond acceptors (Lipinski definition) is 4. The van der Waals surface area contributed by atoms with Gasteiger partial charge >= 0.3 is 0 Å². The van der Waals surface area contributed by atoms with Gasteiger partial charge in [-0.1, -0.05) is 6.07 Å². The third-order valence-electron chi connectivity index (χ3n) is 3.53. The van der Waals surface area contributed by atoms with Gasteiger partial charge in [0, 0.05) is 22.9 Å². The summed E-state index contributed by atoms with van der Waals surface area (Å²) >= 11 is 1.62. The number of nitrogens with one attached hydrogen (secondary N) is 1. The molecule has 0 aliphatic carbocycles. The molecule has 1 N–H and O–H groups in total. The molecule has 0 saturated carbocycles. The standard InChI is InChI=1S/C17H20FNO3S/c1-11(19-17(20)7-6-12-5-4-8-23-12)13-9-15(21-2)16(22-3)10-14(13)18/h4-5,8-11H,6-7H2,1-3H3,(H,19,20). The fourth-order valence-corrected chi connectivity index (χ4v) is 2.99. The van der Waals surface area contributed by atoms with Crippen LogP contribution in [0.2, 0.25) is 0 Å². The lowest BCUT2D eigenvalue weighted by Gasteiger charge is -2.17. The third-order valence-corrected chi connectivity index (χ3v) is 4.46. The number of hydrogen-bond donors (Lipinski definition) is 1. The lowest BCUT2D eigenvalue weighted by atomic mass is 10.1. The van der Waals surface area contributed by atoms with Crippen LogP contribution in [-0.4, -0.2) is 20.1 Å². The number of thiophene rings is 1. The molecule has 1 aromatic carbocycles. The van der Waals surface area contributed by atoms with Gasteiger partial charge in [0.15, 0.2) is 11.5 Å². The summed E-state index contributed by atoms with van der Waals surface area (Å²) in [6.45, 7) is 1.74. The highest BCUT2D eigenvalue weighted by Crippen LogP contribution is 2.32. The topological polar surface area (TPSA) is 47.6 Å². The van der Waals surface area contributed by atoms with Gasteiger partial charge in [-0.2, -0.15) is 0 Å². The van der Waals surface area contributed by atoms with Crippen LogP contribution in [-0.2, 0) is 11.2 Å². The lowest BCUT2D eigenvalue weighted by molar-refractivity contribution is -0.121. The first kappa shape index (κ1) is 17.3. The summed E-state index contributed by atoms with van der Waals surface area (Å²) in [5.74, 6) is 0.211. The Morgan fingerprint density at radius 2 is 2.00 bits per heavy atom. The predicted molar refractivity (Wildman–Crippen MR) is 88.7 cm³/mol. The molecular formula is C17H20FNO3S. The highest BCUT2D eigenvalue weighted by molar-refractivity contribution is 7.09. The van der Waals surface area contributed by atoms with Crippen LogP contribution in [0.3, 0.4) is 0 Å². The first-order valence-electron chi connectivity index (χ1n) is 7.28. The van der Waals surface area contributed by atoms with E-state index in [0.29, 0.717) is 29.9 Å². The average molecular weight is 337 g/mol. The van der Waals surface area contributed by atoms with Crippen molar-refractivity contribution in [3.05, 3.63) is 45.9 Å². The van der Waals surface area contributed by atoms with Crippen LogP contribution in [0, 0.1) is 5.82 Å². The average Bonchev–Trinajstić information content (AvgIpc) is 3.05. The number of rotatable bonds is 7. The Morgan fingerprint density at radius 3 is 2.61 bits per heavy atom. The summed E-state index contributed by atoms with van der Waals surface area (Å²) in [7, 11) is 2.94. The number of methoxy groups -OCH3 is 2. The van der Waals surface area contributed by atoms with E-state index in [2.05, 4.69) is 5.32 Å². The maximum atomic E-state index is 14.2. The minimum absolute atomic E-state index is 0.111. The number of ether oxygens (including phenoxy) is 2. The number of carbonyl (C=O) groups is 1. The van der Waals surface area contributed by atoms with Crippen molar-refractivity contribution < 1.29 is 18.7 Å². The van der Waals surface area contributed by atoms with Crippen LogP contribution < -0.4 is 14.8 Å². The molecule has 0 radical (unpaired) electrons. The van der Waals surface area contributed by atoms with Crippen molar-refractivity contribution in [1.29, 1.82) is 0 Å². The number of halogens is 1. The number of amides is 1. The van der Waals surface area contributed by atoms with E-state index in [1.54, 1.807) is 24.3 Å². The molecule has 2 rings (SSSR count). The third kappa shape index (κ3) is 4.45. The lowest BCUT2D eigenvalue weighted by Crippen LogP contribution is -2.27. The summed E-state index contributed by atoms with van der Waals surface area (Å²) in [4.78, 5) is 13.2. The van der Waals surface area contributed by atoms with Crippen molar-refractivity contribution in [3.8, 4) is 11.5 Å². The Labute approximate surface area is 139 Å². The molecule has 1 aromatic heterocycles. The van der Waals surface area contributed by atoms with E-state index < -0.39 is 11.9 Å². The van der Waals surface area contributed by atoms with Crippen LogP contribution >= 0.6 is 11.3 Å². The maximum Gasteiger partial charge on any atom is 0.220 e. The van der Waals surface area contributed by atoms with Gasteiger partial charge in [-0.05, 0) is 30.9 Å². The second kappa shape index (κ2) is 7.97. The highest BCUT2D eigenvalue weighted by atomic mass is 32.1. The van der Waals surface area contributed by atoms with Gasteiger partial charge in [0.05, 0.1) is 20.3 Å². The number of benzene rings is 1. The van der Waals surface area contributed by atoms with Crippen molar-refractivity contribution in [3.63, 3.8) is 0 Å². The molecule has 6 heteroatoms. The monoisotopic (exact) mass is 337 g/mol. The Morgan fingerprint density at radius 1 is 1.30 bits per heavy atom. The first-order valence-corrected chi connectivity index (χ1v) is 8.16. The second-order valence-corrected chi connectivity index (χ2v) is 6.13. The maximum absolute atomic E-state index is 14.2. The normalized spacial score (nSPS) is 11.8. The predicted octanol–water partition coefficient (Wildman–Crippen LogP) is 3.71. The van der Waals surface area contributed by atoms with E-state index in [1.165, 1.54) is 20.3 Å². The van der Waals surface area contributed by atoms with E-state index in [0.717, 1.165) is 4.88 Å². The summed E-state index contributed by atoms with van der Waals surface area (Å²) in [6, 6.07) is 6.32. The SMILES string of the molecule is COc1cc(F)c(C(C)NC(=O)CCc2cccs2)cc1OC. The zero-order valence-electron chi connectivity index (χ0n) is 13.4. The van der Waals surface area contributed by atoms with Crippen molar-refractivity contribution >= 4 is 17.2 Å². The molecule has 0 aliphatic heterocycles. The summed E-state index contributed by atoms with van der Waals surface area (Å²) in [5.41, 5.74) is 0.368. The fourth-order valence-electron chi connectivity index (χ4n) is 2.28. The molecule has 0 saturated heterocycles. The quantitative estimate of drug-likeness (QED) is 0.838. The molecule has 1 unspecified atom stereocenters. The highest BCUT2D eigenvalue weighted by Gasteiger charge is 2.17. The minimum atomic E-state index is -0.453. The number of aryl methyl sites for hydroxylation is 1. The van der Waals surface area contributed by atoms with E-state index >= 15 is 0 Å². The molecule has 0 spiro atoms. The van der Waals surface area contributed by atoms with Crippen molar-refractivity contribution in [1.82, 2.24) is 5.32 Å². The number of carbonyl (C=O) groups excluding carboxylic acids is 1. The Hall–Kier alpha value is -2.08. The van der Waals surface area contributed by atoms with E-state index in [9.17, 15) is 9.18 Å².